The molecule has 1 aromatic heterocycles. The largest absolute Gasteiger partial charge is 0.467 e. The zero-order valence-corrected chi connectivity index (χ0v) is 32.6. The Morgan fingerprint density at radius 2 is 1.76 bits per heavy atom. The number of benzene rings is 1. The number of rotatable bonds is 5. The van der Waals surface area contributed by atoms with Crippen LogP contribution in [-0.4, -0.2) is 30.0 Å². The standard InChI is InChI=1S/C43H61ClN2O3/c1-24(2)21-32(37(47)49-10)46-38(48)43-18-15-25(3)26(4)35(43)30-12-14-34-40(7)23-29-28-22-27(44)11-13-31(28)45-36(29)39(5,6)33(40)16-17-42(34,9)41(30,8)19-20-43/h11-13,22,24-26,32-35,45H,14-21,23H2,1-10H3,(H,46,48)/t25-,26+,32?,33+,34-,35+,40+,41-,42-,43+/m1/s1. The molecule has 1 unspecified atom stereocenters. The van der Waals surface area contributed by atoms with Crippen LogP contribution in [0.5, 0.6) is 0 Å². The fourth-order valence-corrected chi connectivity index (χ4v) is 13.5. The van der Waals surface area contributed by atoms with Crippen LogP contribution in [0.15, 0.2) is 29.8 Å². The number of hydrogen-bond donors (Lipinski definition) is 2. The first-order chi connectivity index (χ1) is 22.9. The Bertz CT molecular complexity index is 1710. The van der Waals surface area contributed by atoms with Gasteiger partial charge in [0, 0.05) is 27.0 Å². The summed E-state index contributed by atoms with van der Waals surface area (Å²) >= 11 is 6.60. The van der Waals surface area contributed by atoms with E-state index < -0.39 is 11.5 Å². The first kappa shape index (κ1) is 35.1. The highest BCUT2D eigenvalue weighted by Gasteiger charge is 2.69. The van der Waals surface area contributed by atoms with Crippen LogP contribution in [0.4, 0.5) is 0 Å². The monoisotopic (exact) mass is 688 g/mol. The van der Waals surface area contributed by atoms with Crippen molar-refractivity contribution < 1.29 is 14.3 Å². The van der Waals surface area contributed by atoms with Gasteiger partial charge < -0.3 is 15.0 Å². The molecule has 0 bridgehead atoms. The van der Waals surface area contributed by atoms with Gasteiger partial charge in [-0.05, 0) is 133 Å². The van der Waals surface area contributed by atoms with Crippen molar-refractivity contribution in [3.8, 4) is 0 Å². The van der Waals surface area contributed by atoms with Gasteiger partial charge >= 0.3 is 5.97 Å². The maximum atomic E-state index is 14.7. The van der Waals surface area contributed by atoms with Gasteiger partial charge in [-0.2, -0.15) is 0 Å². The van der Waals surface area contributed by atoms with Crippen molar-refractivity contribution in [2.45, 2.75) is 132 Å². The molecule has 0 spiro atoms. The molecule has 0 radical (unpaired) electrons. The van der Waals surface area contributed by atoms with Crippen molar-refractivity contribution in [1.29, 1.82) is 0 Å². The van der Waals surface area contributed by atoms with Crippen LogP contribution in [0.3, 0.4) is 0 Å². The number of carbonyl (C=O) groups excluding carboxylic acids is 2. The molecule has 3 fully saturated rings. The molecule has 7 rings (SSSR count). The lowest BCUT2D eigenvalue weighted by molar-refractivity contribution is -0.170. The van der Waals surface area contributed by atoms with E-state index in [-0.39, 0.29) is 45.4 Å². The summed E-state index contributed by atoms with van der Waals surface area (Å²) in [6, 6.07) is 5.74. The van der Waals surface area contributed by atoms with E-state index in [1.54, 1.807) is 5.57 Å². The van der Waals surface area contributed by atoms with Crippen molar-refractivity contribution in [2.24, 2.45) is 57.2 Å². The number of amides is 1. The van der Waals surface area contributed by atoms with E-state index >= 15 is 0 Å². The molecule has 49 heavy (non-hydrogen) atoms. The highest BCUT2D eigenvalue weighted by atomic mass is 35.5. The lowest BCUT2D eigenvalue weighted by Gasteiger charge is -2.71. The van der Waals surface area contributed by atoms with E-state index in [0.29, 0.717) is 30.1 Å². The number of allylic oxidation sites excluding steroid dienone is 2. The van der Waals surface area contributed by atoms with Gasteiger partial charge in [-0.15, -0.1) is 0 Å². The maximum Gasteiger partial charge on any atom is 0.328 e. The predicted octanol–water partition coefficient (Wildman–Crippen LogP) is 10.2. The molecule has 10 atom stereocenters. The number of ether oxygens (including phenoxy) is 1. The number of aromatic nitrogens is 1. The van der Waals surface area contributed by atoms with Crippen molar-refractivity contribution >= 4 is 34.4 Å². The number of nitrogens with one attached hydrogen (secondary N) is 2. The highest BCUT2D eigenvalue weighted by Crippen LogP contribution is 2.75. The minimum absolute atomic E-state index is 0.0112. The van der Waals surface area contributed by atoms with Crippen LogP contribution in [0.25, 0.3) is 10.9 Å². The van der Waals surface area contributed by atoms with Crippen LogP contribution in [0, 0.1) is 57.2 Å². The molecule has 0 saturated heterocycles. The number of esters is 1. The van der Waals surface area contributed by atoms with E-state index in [4.69, 9.17) is 16.3 Å². The van der Waals surface area contributed by atoms with E-state index in [2.05, 4.69) is 90.8 Å². The van der Waals surface area contributed by atoms with Gasteiger partial charge in [-0.3, -0.25) is 4.79 Å². The third-order valence-corrected chi connectivity index (χ3v) is 16.4. The third kappa shape index (κ3) is 4.82. The Kier molecular flexibility index (Phi) is 8.34. The molecule has 5 aliphatic rings. The fourth-order valence-electron chi connectivity index (χ4n) is 13.3. The van der Waals surface area contributed by atoms with Crippen LogP contribution in [0.2, 0.25) is 5.02 Å². The predicted molar refractivity (Wildman–Crippen MR) is 199 cm³/mol. The molecule has 3 saturated carbocycles. The van der Waals surface area contributed by atoms with Crippen molar-refractivity contribution in [3.63, 3.8) is 0 Å². The summed E-state index contributed by atoms with van der Waals surface area (Å²) in [5, 5.41) is 5.39. The smallest absolute Gasteiger partial charge is 0.328 e. The average molecular weight is 689 g/mol. The Balaban J connectivity index is 1.30. The van der Waals surface area contributed by atoms with E-state index in [1.807, 2.05) is 6.07 Å². The molecule has 1 amide bonds. The minimum Gasteiger partial charge on any atom is -0.467 e. The second kappa shape index (κ2) is 11.6. The maximum absolute atomic E-state index is 14.7. The third-order valence-electron chi connectivity index (χ3n) is 16.1. The lowest BCUT2D eigenvalue weighted by atomic mass is 9.33. The molecular formula is C43H61ClN2O3. The summed E-state index contributed by atoms with van der Waals surface area (Å²) in [5.41, 5.74) is 5.45. The molecule has 5 aliphatic carbocycles. The summed E-state index contributed by atoms with van der Waals surface area (Å²) in [6.07, 6.45) is 11.6. The Hall–Kier alpha value is -2.27. The van der Waals surface area contributed by atoms with Gasteiger partial charge in [0.05, 0.1) is 12.5 Å². The molecule has 6 heteroatoms. The zero-order chi connectivity index (χ0) is 35.5. The number of methoxy groups -OCH3 is 1. The van der Waals surface area contributed by atoms with E-state index in [0.717, 1.165) is 43.5 Å². The van der Waals surface area contributed by atoms with Crippen LogP contribution < -0.4 is 5.32 Å². The number of fused-ring (bicyclic) bond motifs is 10. The summed E-state index contributed by atoms with van der Waals surface area (Å²) < 4.78 is 5.19. The van der Waals surface area contributed by atoms with Crippen LogP contribution in [-0.2, 0) is 26.2 Å². The second-order valence-corrected chi connectivity index (χ2v) is 19.5. The first-order valence-corrected chi connectivity index (χ1v) is 19.7. The minimum atomic E-state index is -0.605. The number of hydrogen-bond acceptors (Lipinski definition) is 3. The van der Waals surface area contributed by atoms with Crippen molar-refractivity contribution in [1.82, 2.24) is 10.3 Å². The highest BCUT2D eigenvalue weighted by molar-refractivity contribution is 6.31. The number of H-pyrrole nitrogens is 1. The average Bonchev–Trinajstić information content (AvgIpc) is 3.39. The van der Waals surface area contributed by atoms with E-state index in [9.17, 15) is 9.59 Å². The summed E-state index contributed by atoms with van der Waals surface area (Å²) in [7, 11) is 1.43. The Morgan fingerprint density at radius 3 is 2.45 bits per heavy atom. The number of halogens is 1. The number of carbonyl (C=O) groups is 2. The normalized spacial score (nSPS) is 39.8. The summed E-state index contributed by atoms with van der Waals surface area (Å²) in [4.78, 5) is 31.5. The summed E-state index contributed by atoms with van der Waals surface area (Å²) in [5.74, 6) is 2.26. The molecule has 1 aromatic carbocycles. The Morgan fingerprint density at radius 1 is 1.02 bits per heavy atom. The quantitative estimate of drug-likeness (QED) is 0.243. The molecule has 5 nitrogen and oxygen atoms in total. The molecule has 1 heterocycles. The fraction of sp³-hybridized carbons (Fsp3) is 0.721. The van der Waals surface area contributed by atoms with Gasteiger partial charge in [0.25, 0.3) is 0 Å². The molecule has 2 N–H and O–H groups in total. The molecule has 268 valence electrons. The van der Waals surface area contributed by atoms with Crippen molar-refractivity contribution in [2.75, 3.05) is 7.11 Å². The molecular weight excluding hydrogens is 628 g/mol. The topological polar surface area (TPSA) is 71.2 Å². The van der Waals surface area contributed by atoms with Gasteiger partial charge in [0.15, 0.2) is 0 Å². The van der Waals surface area contributed by atoms with Crippen LogP contribution in [0.1, 0.15) is 125 Å². The first-order valence-electron chi connectivity index (χ1n) is 19.3. The van der Waals surface area contributed by atoms with E-state index in [1.165, 1.54) is 42.1 Å². The van der Waals surface area contributed by atoms with Crippen molar-refractivity contribution in [3.05, 3.63) is 46.1 Å². The molecule has 0 aliphatic heterocycles. The number of aromatic amines is 1. The van der Waals surface area contributed by atoms with Gasteiger partial charge in [-0.25, -0.2) is 4.79 Å². The van der Waals surface area contributed by atoms with Gasteiger partial charge in [-0.1, -0.05) is 85.6 Å². The van der Waals surface area contributed by atoms with Gasteiger partial charge in [0.2, 0.25) is 5.91 Å². The SMILES string of the molecule is COC(=O)C(CC(C)C)NC(=O)[C@]12CC[C@@H](C)[C@H](C)[C@H]1C1=CC[C@@H]3[C@@]4(C)Cc5c([nH]c6ccc(Cl)cc56)C(C)(C)[C@@H]4CC[C@@]3(C)[C@]1(C)CC2. The van der Waals surface area contributed by atoms with Gasteiger partial charge in [0.1, 0.15) is 6.04 Å². The second-order valence-electron chi connectivity index (χ2n) is 19.0. The lowest BCUT2D eigenvalue weighted by Crippen LogP contribution is -2.66. The summed E-state index contributed by atoms with van der Waals surface area (Å²) in [6.45, 7) is 21.8. The Labute approximate surface area is 300 Å². The molecule has 2 aromatic rings. The zero-order valence-electron chi connectivity index (χ0n) is 31.8. The van der Waals surface area contributed by atoms with Crippen LogP contribution >= 0.6 is 11.6 Å².